The lowest BCUT2D eigenvalue weighted by Crippen LogP contribution is -2.50. The molecule has 5 nitrogen and oxygen atoms in total. The van der Waals surface area contributed by atoms with Crippen LogP contribution < -0.4 is 9.62 Å². The molecule has 0 bridgehead atoms. The van der Waals surface area contributed by atoms with E-state index in [1.807, 2.05) is 0 Å². The van der Waals surface area contributed by atoms with Crippen molar-refractivity contribution in [2.75, 3.05) is 10.6 Å². The highest BCUT2D eigenvalue weighted by atomic mass is 32.2. The van der Waals surface area contributed by atoms with Gasteiger partial charge in [0.1, 0.15) is 11.9 Å². The number of para-hydroxylation sites is 1. The molecule has 0 heterocycles. The van der Waals surface area contributed by atoms with Gasteiger partial charge < -0.3 is 5.32 Å². The molecule has 1 aromatic rings. The third-order valence-electron chi connectivity index (χ3n) is 3.34. The van der Waals surface area contributed by atoms with Crippen molar-refractivity contribution in [1.29, 1.82) is 0 Å². The molecule has 1 N–H and O–H groups in total. The molecule has 0 aliphatic heterocycles. The molecule has 2 rings (SSSR count). The van der Waals surface area contributed by atoms with E-state index >= 15 is 0 Å². The van der Waals surface area contributed by atoms with Gasteiger partial charge in [-0.3, -0.25) is 9.10 Å². The number of nitrogens with one attached hydrogen (secondary N) is 1. The Morgan fingerprint density at radius 2 is 2.05 bits per heavy atom. The molecule has 0 aromatic heterocycles. The highest BCUT2D eigenvalue weighted by molar-refractivity contribution is 7.92. The van der Waals surface area contributed by atoms with Crippen LogP contribution in [0.1, 0.15) is 26.2 Å². The van der Waals surface area contributed by atoms with E-state index in [2.05, 4.69) is 5.32 Å². The van der Waals surface area contributed by atoms with Crippen LogP contribution in [0.4, 0.5) is 10.1 Å². The maximum atomic E-state index is 14.0. The van der Waals surface area contributed by atoms with E-state index < -0.39 is 21.9 Å². The fourth-order valence-electron chi connectivity index (χ4n) is 2.19. The van der Waals surface area contributed by atoms with E-state index in [0.29, 0.717) is 0 Å². The third kappa shape index (κ3) is 3.72. The van der Waals surface area contributed by atoms with Crippen molar-refractivity contribution < 1.29 is 17.6 Å². The summed E-state index contributed by atoms with van der Waals surface area (Å²) in [6.45, 7) is 1.70. The summed E-state index contributed by atoms with van der Waals surface area (Å²) in [4.78, 5) is 12.3. The van der Waals surface area contributed by atoms with Gasteiger partial charge in [0.25, 0.3) is 0 Å². The van der Waals surface area contributed by atoms with E-state index in [4.69, 9.17) is 0 Å². The molecule has 1 aliphatic rings. The van der Waals surface area contributed by atoms with Gasteiger partial charge in [0.15, 0.2) is 0 Å². The van der Waals surface area contributed by atoms with Gasteiger partial charge in [-0.2, -0.15) is 0 Å². The van der Waals surface area contributed by atoms with Crippen LogP contribution in [0.2, 0.25) is 0 Å². The second-order valence-corrected chi connectivity index (χ2v) is 7.08. The van der Waals surface area contributed by atoms with Crippen LogP contribution in [-0.2, 0) is 14.8 Å². The highest BCUT2D eigenvalue weighted by Crippen LogP contribution is 2.26. The van der Waals surface area contributed by atoms with Crippen molar-refractivity contribution >= 4 is 21.6 Å². The first kappa shape index (κ1) is 15.8. The molecule has 1 amide bonds. The summed E-state index contributed by atoms with van der Waals surface area (Å²) in [5.74, 6) is -1.05. The quantitative estimate of drug-likeness (QED) is 0.868. The summed E-state index contributed by atoms with van der Waals surface area (Å²) in [5.41, 5.74) is -0.0993. The summed E-state index contributed by atoms with van der Waals surface area (Å²) >= 11 is 0. The average molecular weight is 314 g/mol. The van der Waals surface area contributed by atoms with Gasteiger partial charge in [0.2, 0.25) is 15.9 Å². The number of hydrogen-bond donors (Lipinski definition) is 1. The maximum Gasteiger partial charge on any atom is 0.244 e. The lowest BCUT2D eigenvalue weighted by atomic mass is 10.2. The maximum absolute atomic E-state index is 14.0. The predicted octanol–water partition coefficient (Wildman–Crippen LogP) is 1.65. The Balaban J connectivity index is 2.38. The molecule has 0 radical (unpaired) electrons. The zero-order chi connectivity index (χ0) is 15.6. The molecule has 1 atom stereocenters. The van der Waals surface area contributed by atoms with Crippen LogP contribution in [0.15, 0.2) is 24.3 Å². The number of carbonyl (C=O) groups is 1. The number of benzene rings is 1. The Labute approximate surface area is 124 Å². The largest absolute Gasteiger partial charge is 0.352 e. The number of sulfonamides is 1. The molecule has 1 fully saturated rings. The number of hydrogen-bond acceptors (Lipinski definition) is 3. The van der Waals surface area contributed by atoms with E-state index in [1.165, 1.54) is 18.2 Å². The van der Waals surface area contributed by atoms with E-state index in [-0.39, 0.29) is 24.1 Å². The first-order valence-electron chi connectivity index (χ1n) is 6.89. The monoisotopic (exact) mass is 314 g/mol. The van der Waals surface area contributed by atoms with Crippen molar-refractivity contribution in [3.05, 3.63) is 30.1 Å². The summed E-state index contributed by atoms with van der Waals surface area (Å²) in [5, 5.41) is 2.78. The van der Waals surface area contributed by atoms with Gasteiger partial charge >= 0.3 is 0 Å². The summed E-state index contributed by atoms with van der Waals surface area (Å²) in [6, 6.07) is 4.74. The fraction of sp³-hybridized carbons (Fsp3) is 0.500. The highest BCUT2D eigenvalue weighted by Gasteiger charge is 2.35. The smallest absolute Gasteiger partial charge is 0.244 e. The predicted molar refractivity (Wildman–Crippen MR) is 79.0 cm³/mol. The Hall–Kier alpha value is -1.63. The van der Waals surface area contributed by atoms with Gasteiger partial charge in [0.05, 0.1) is 11.9 Å². The van der Waals surface area contributed by atoms with Gasteiger partial charge in [0, 0.05) is 6.04 Å². The first-order valence-corrected chi connectivity index (χ1v) is 8.73. The fourth-order valence-corrected chi connectivity index (χ4v) is 3.40. The van der Waals surface area contributed by atoms with Crippen LogP contribution in [0, 0.1) is 5.82 Å². The molecule has 1 aromatic carbocycles. The third-order valence-corrected chi connectivity index (χ3v) is 4.51. The molecule has 0 saturated heterocycles. The summed E-state index contributed by atoms with van der Waals surface area (Å²) < 4.78 is 39.0. The van der Waals surface area contributed by atoms with E-state index in [9.17, 15) is 17.6 Å². The molecule has 116 valence electrons. The molecule has 21 heavy (non-hydrogen) atoms. The minimum atomic E-state index is -3.78. The number of anilines is 1. The Morgan fingerprint density at radius 3 is 2.52 bits per heavy atom. The molecule has 0 spiro atoms. The van der Waals surface area contributed by atoms with Crippen molar-refractivity contribution in [2.24, 2.45) is 0 Å². The summed E-state index contributed by atoms with van der Waals surface area (Å²) in [7, 11) is -3.78. The Bertz CT molecular complexity index is 629. The lowest BCUT2D eigenvalue weighted by Gasteiger charge is -2.30. The molecule has 1 aliphatic carbocycles. The first-order chi connectivity index (χ1) is 9.84. The van der Waals surface area contributed by atoms with Crippen molar-refractivity contribution in [3.63, 3.8) is 0 Å². The van der Waals surface area contributed by atoms with Crippen LogP contribution >= 0.6 is 0 Å². The van der Waals surface area contributed by atoms with E-state index in [0.717, 1.165) is 23.4 Å². The van der Waals surface area contributed by atoms with Crippen molar-refractivity contribution in [1.82, 2.24) is 5.32 Å². The number of carbonyl (C=O) groups excluding carboxylic acids is 1. The van der Waals surface area contributed by atoms with Gasteiger partial charge in [-0.15, -0.1) is 0 Å². The minimum Gasteiger partial charge on any atom is -0.352 e. The second-order valence-electron chi connectivity index (χ2n) is 5.22. The Morgan fingerprint density at radius 1 is 1.43 bits per heavy atom. The van der Waals surface area contributed by atoms with Crippen molar-refractivity contribution in [2.45, 2.75) is 38.3 Å². The number of halogens is 1. The number of nitrogens with zero attached hydrogens (tertiary/aromatic N) is 1. The SMILES string of the molecule is CC[C@H](C(=O)NC1CC1)N(c1ccccc1F)S(C)(=O)=O. The molecular weight excluding hydrogens is 295 g/mol. The van der Waals surface area contributed by atoms with Gasteiger partial charge in [-0.05, 0) is 31.4 Å². The van der Waals surface area contributed by atoms with Crippen LogP contribution in [0.3, 0.4) is 0 Å². The Kier molecular flexibility index (Phi) is 4.51. The molecular formula is C14H19FN2O3S. The number of amides is 1. The minimum absolute atomic E-state index is 0.0993. The van der Waals surface area contributed by atoms with Gasteiger partial charge in [-0.25, -0.2) is 12.8 Å². The van der Waals surface area contributed by atoms with Gasteiger partial charge in [-0.1, -0.05) is 19.1 Å². The molecule has 0 unspecified atom stereocenters. The zero-order valence-corrected chi connectivity index (χ0v) is 12.9. The molecule has 1 saturated carbocycles. The van der Waals surface area contributed by atoms with E-state index in [1.54, 1.807) is 13.0 Å². The van der Waals surface area contributed by atoms with Crippen molar-refractivity contribution in [3.8, 4) is 0 Å². The topological polar surface area (TPSA) is 66.5 Å². The van der Waals surface area contributed by atoms with Crippen LogP contribution in [0.5, 0.6) is 0 Å². The number of rotatable bonds is 6. The zero-order valence-electron chi connectivity index (χ0n) is 12.0. The molecule has 7 heteroatoms. The van der Waals surface area contributed by atoms with Crippen LogP contribution in [-0.4, -0.2) is 32.7 Å². The average Bonchev–Trinajstić information content (AvgIpc) is 3.19. The normalized spacial score (nSPS) is 16.3. The second kappa shape index (κ2) is 6.01. The standard InChI is InChI=1S/C14H19FN2O3S/c1-3-12(14(18)16-10-8-9-10)17(21(2,19)20)13-7-5-4-6-11(13)15/h4-7,10,12H,3,8-9H2,1-2H3,(H,16,18)/t12-/m1/s1. The van der Waals surface area contributed by atoms with Crippen LogP contribution in [0.25, 0.3) is 0 Å². The summed E-state index contributed by atoms with van der Waals surface area (Å²) in [6.07, 6.45) is 3.05. The lowest BCUT2D eigenvalue weighted by molar-refractivity contribution is -0.122.